The van der Waals surface area contributed by atoms with Crippen LogP contribution in [0.4, 0.5) is 8.78 Å². The molecule has 0 heterocycles. The molecule has 0 saturated carbocycles. The number of hydrogen-bond donors (Lipinski definition) is 0. The van der Waals surface area contributed by atoms with Crippen molar-refractivity contribution in [3.63, 3.8) is 0 Å². The summed E-state index contributed by atoms with van der Waals surface area (Å²) in [5.74, 6) is -2.36. The molecule has 0 aliphatic carbocycles. The second-order valence-corrected chi connectivity index (χ2v) is 5.34. The van der Waals surface area contributed by atoms with Crippen molar-refractivity contribution >= 4 is 5.97 Å². The van der Waals surface area contributed by atoms with Gasteiger partial charge in [-0.1, -0.05) is 36.4 Å². The van der Waals surface area contributed by atoms with Crippen molar-refractivity contribution in [1.82, 2.24) is 0 Å². The zero-order valence-electron chi connectivity index (χ0n) is 12.6. The molecule has 0 aliphatic heterocycles. The van der Waals surface area contributed by atoms with Crippen LogP contribution in [0.2, 0.25) is 0 Å². The molecule has 0 saturated heterocycles. The van der Waals surface area contributed by atoms with Crippen LogP contribution in [0.1, 0.15) is 25.0 Å². The summed E-state index contributed by atoms with van der Waals surface area (Å²) in [5.41, 5.74) is 0.239. The number of carbonyl (C=O) groups is 1. The first-order valence-corrected chi connectivity index (χ1v) is 7.14. The van der Waals surface area contributed by atoms with E-state index < -0.39 is 23.0 Å². The van der Waals surface area contributed by atoms with E-state index in [0.717, 1.165) is 17.7 Å². The first-order chi connectivity index (χ1) is 10.5. The highest BCUT2D eigenvalue weighted by Gasteiger charge is 2.37. The lowest BCUT2D eigenvalue weighted by atomic mass is 9.77. The molecule has 2 aromatic carbocycles. The Hall–Kier alpha value is -2.23. The third-order valence-electron chi connectivity index (χ3n) is 3.68. The van der Waals surface area contributed by atoms with Crippen LogP contribution in [0.5, 0.6) is 0 Å². The van der Waals surface area contributed by atoms with E-state index in [9.17, 15) is 13.6 Å². The maximum absolute atomic E-state index is 13.6. The average molecular weight is 304 g/mol. The van der Waals surface area contributed by atoms with Crippen molar-refractivity contribution in [3.05, 3.63) is 71.3 Å². The number of ether oxygens (including phenoxy) is 1. The number of benzene rings is 2. The lowest BCUT2D eigenvalue weighted by molar-refractivity contribution is -0.149. The van der Waals surface area contributed by atoms with Crippen LogP contribution in [0, 0.1) is 11.6 Å². The van der Waals surface area contributed by atoms with E-state index in [-0.39, 0.29) is 6.61 Å². The molecule has 0 spiro atoms. The fraction of sp³-hybridized carbons (Fsp3) is 0.278. The van der Waals surface area contributed by atoms with Crippen LogP contribution >= 0.6 is 0 Å². The Morgan fingerprint density at radius 1 is 1.09 bits per heavy atom. The van der Waals surface area contributed by atoms with Crippen molar-refractivity contribution in [2.45, 2.75) is 25.7 Å². The molecule has 22 heavy (non-hydrogen) atoms. The Morgan fingerprint density at radius 3 is 2.36 bits per heavy atom. The van der Waals surface area contributed by atoms with E-state index in [0.29, 0.717) is 12.0 Å². The van der Waals surface area contributed by atoms with Gasteiger partial charge in [0.25, 0.3) is 0 Å². The fourth-order valence-electron chi connectivity index (χ4n) is 2.43. The molecule has 2 aromatic rings. The first kappa shape index (κ1) is 16.1. The molecule has 116 valence electrons. The summed E-state index contributed by atoms with van der Waals surface area (Å²) in [6.07, 6.45) is 0.345. The van der Waals surface area contributed by atoms with Gasteiger partial charge < -0.3 is 4.74 Å². The second kappa shape index (κ2) is 6.69. The van der Waals surface area contributed by atoms with E-state index in [4.69, 9.17) is 4.74 Å². The molecule has 1 unspecified atom stereocenters. The first-order valence-electron chi connectivity index (χ1n) is 7.14. The Morgan fingerprint density at radius 2 is 1.77 bits per heavy atom. The summed E-state index contributed by atoms with van der Waals surface area (Å²) >= 11 is 0. The maximum atomic E-state index is 13.6. The van der Waals surface area contributed by atoms with Crippen LogP contribution in [0.25, 0.3) is 0 Å². The molecule has 4 heteroatoms. The molecule has 0 radical (unpaired) electrons. The monoisotopic (exact) mass is 304 g/mol. The maximum Gasteiger partial charge on any atom is 0.316 e. The quantitative estimate of drug-likeness (QED) is 0.780. The summed E-state index contributed by atoms with van der Waals surface area (Å²) in [6.45, 7) is 3.63. The largest absolute Gasteiger partial charge is 0.465 e. The fourth-order valence-corrected chi connectivity index (χ4v) is 2.43. The smallest absolute Gasteiger partial charge is 0.316 e. The highest BCUT2D eigenvalue weighted by Crippen LogP contribution is 2.31. The molecule has 2 nitrogen and oxygen atoms in total. The van der Waals surface area contributed by atoms with Crippen molar-refractivity contribution in [3.8, 4) is 0 Å². The predicted octanol–water partition coefficient (Wildman–Crippen LogP) is 4.03. The number of hydrogen-bond acceptors (Lipinski definition) is 2. The van der Waals surface area contributed by atoms with Gasteiger partial charge in [0.05, 0.1) is 12.0 Å². The molecule has 0 aromatic heterocycles. The topological polar surface area (TPSA) is 26.3 Å². The minimum absolute atomic E-state index is 0.229. The molecule has 1 atom stereocenters. The zero-order chi connectivity index (χ0) is 16.2. The number of halogens is 2. The van der Waals surface area contributed by atoms with Gasteiger partial charge in [0.15, 0.2) is 11.6 Å². The Kier molecular flexibility index (Phi) is 4.91. The number of esters is 1. The summed E-state index contributed by atoms with van der Waals surface area (Å²) in [6, 6.07) is 12.9. The van der Waals surface area contributed by atoms with Gasteiger partial charge in [-0.3, -0.25) is 4.79 Å². The van der Waals surface area contributed by atoms with Crippen molar-refractivity contribution in [2.75, 3.05) is 6.61 Å². The highest BCUT2D eigenvalue weighted by molar-refractivity contribution is 5.83. The molecule has 0 amide bonds. The third kappa shape index (κ3) is 3.32. The lowest BCUT2D eigenvalue weighted by Gasteiger charge is -2.28. The van der Waals surface area contributed by atoms with Crippen LogP contribution in [-0.4, -0.2) is 12.6 Å². The summed E-state index contributed by atoms with van der Waals surface area (Å²) in [5, 5.41) is 0. The van der Waals surface area contributed by atoms with Crippen molar-refractivity contribution in [1.29, 1.82) is 0 Å². The van der Waals surface area contributed by atoms with E-state index in [1.165, 1.54) is 6.07 Å². The normalized spacial score (nSPS) is 13.5. The Labute approximate surface area is 128 Å². The van der Waals surface area contributed by atoms with Gasteiger partial charge in [0.1, 0.15) is 0 Å². The molecule has 2 rings (SSSR count). The van der Waals surface area contributed by atoms with Crippen LogP contribution < -0.4 is 0 Å². The standard InChI is InChI=1S/C18H18F2O2/c1-3-22-17(21)18(2,12-13-7-5-4-6-8-13)14-9-10-15(19)16(20)11-14/h4-11H,3,12H2,1-2H3. The zero-order valence-corrected chi connectivity index (χ0v) is 12.6. The second-order valence-electron chi connectivity index (χ2n) is 5.34. The molecule has 0 fully saturated rings. The molecule has 0 bridgehead atoms. The van der Waals surface area contributed by atoms with E-state index in [2.05, 4.69) is 0 Å². The molecular formula is C18H18F2O2. The van der Waals surface area contributed by atoms with Gasteiger partial charge in [-0.2, -0.15) is 0 Å². The Bertz CT molecular complexity index is 655. The van der Waals surface area contributed by atoms with Crippen LogP contribution in [0.15, 0.2) is 48.5 Å². The number of carbonyl (C=O) groups excluding carboxylic acids is 1. The highest BCUT2D eigenvalue weighted by atomic mass is 19.2. The van der Waals surface area contributed by atoms with Crippen molar-refractivity contribution < 1.29 is 18.3 Å². The average Bonchev–Trinajstić information content (AvgIpc) is 2.51. The van der Waals surface area contributed by atoms with E-state index in [1.807, 2.05) is 30.3 Å². The van der Waals surface area contributed by atoms with Gasteiger partial charge in [0, 0.05) is 0 Å². The minimum atomic E-state index is -1.08. The SMILES string of the molecule is CCOC(=O)C(C)(Cc1ccccc1)c1ccc(F)c(F)c1. The van der Waals surface area contributed by atoms with E-state index in [1.54, 1.807) is 13.8 Å². The van der Waals surface area contributed by atoms with Gasteiger partial charge >= 0.3 is 5.97 Å². The predicted molar refractivity (Wildman–Crippen MR) is 80.5 cm³/mol. The van der Waals surface area contributed by atoms with Crippen LogP contribution in [0.3, 0.4) is 0 Å². The summed E-state index contributed by atoms with van der Waals surface area (Å²) in [4.78, 5) is 12.4. The minimum Gasteiger partial charge on any atom is -0.465 e. The summed E-state index contributed by atoms with van der Waals surface area (Å²) in [7, 11) is 0. The Balaban J connectivity index is 2.44. The number of rotatable bonds is 5. The third-order valence-corrected chi connectivity index (χ3v) is 3.68. The van der Waals surface area contributed by atoms with Gasteiger partial charge in [-0.05, 0) is 43.5 Å². The van der Waals surface area contributed by atoms with Gasteiger partial charge in [-0.25, -0.2) is 8.78 Å². The van der Waals surface area contributed by atoms with Crippen molar-refractivity contribution in [2.24, 2.45) is 0 Å². The van der Waals surface area contributed by atoms with Gasteiger partial charge in [0.2, 0.25) is 0 Å². The van der Waals surface area contributed by atoms with Crippen LogP contribution in [-0.2, 0) is 21.4 Å². The van der Waals surface area contributed by atoms with Gasteiger partial charge in [-0.15, -0.1) is 0 Å². The van der Waals surface area contributed by atoms with E-state index >= 15 is 0 Å². The molecular weight excluding hydrogens is 286 g/mol. The molecule has 0 aliphatic rings. The summed E-state index contributed by atoms with van der Waals surface area (Å²) < 4.78 is 31.9. The lowest BCUT2D eigenvalue weighted by Crippen LogP contribution is -2.37. The molecule has 0 N–H and O–H groups in total.